The SMILES string of the molecule is CSCCCCCCn1c(=O)[nH]c(Cl)c(C)c1=O. The Bertz CT molecular complexity index is 496. The van der Waals surface area contributed by atoms with Crippen molar-refractivity contribution >= 4 is 23.4 Å². The van der Waals surface area contributed by atoms with Gasteiger partial charge in [-0.1, -0.05) is 24.4 Å². The highest BCUT2D eigenvalue weighted by atomic mass is 35.5. The molecule has 0 spiro atoms. The highest BCUT2D eigenvalue weighted by Crippen LogP contribution is 2.06. The van der Waals surface area contributed by atoms with E-state index < -0.39 is 5.69 Å². The molecule has 1 aromatic heterocycles. The van der Waals surface area contributed by atoms with Gasteiger partial charge in [0.05, 0.1) is 0 Å². The van der Waals surface area contributed by atoms with Crippen molar-refractivity contribution in [3.63, 3.8) is 0 Å². The van der Waals surface area contributed by atoms with Crippen LogP contribution in [0, 0.1) is 6.92 Å². The summed E-state index contributed by atoms with van der Waals surface area (Å²) in [6.45, 7) is 2.08. The Balaban J connectivity index is 2.56. The summed E-state index contributed by atoms with van der Waals surface area (Å²) in [6, 6.07) is 0. The summed E-state index contributed by atoms with van der Waals surface area (Å²) >= 11 is 7.58. The molecule has 0 atom stereocenters. The van der Waals surface area contributed by atoms with Gasteiger partial charge < -0.3 is 0 Å². The lowest BCUT2D eigenvalue weighted by atomic mass is 10.2. The second-order valence-electron chi connectivity index (χ2n) is 4.23. The molecule has 4 nitrogen and oxygen atoms in total. The molecule has 0 aliphatic carbocycles. The van der Waals surface area contributed by atoms with Crippen molar-refractivity contribution in [3.05, 3.63) is 31.6 Å². The Labute approximate surface area is 116 Å². The Morgan fingerprint density at radius 2 is 1.89 bits per heavy atom. The quantitative estimate of drug-likeness (QED) is 0.620. The minimum absolute atomic E-state index is 0.140. The Kier molecular flexibility index (Phi) is 6.57. The van der Waals surface area contributed by atoms with Crippen molar-refractivity contribution in [2.45, 2.75) is 39.2 Å². The van der Waals surface area contributed by atoms with E-state index in [2.05, 4.69) is 11.2 Å². The highest BCUT2D eigenvalue weighted by Gasteiger charge is 2.07. The van der Waals surface area contributed by atoms with E-state index in [4.69, 9.17) is 11.6 Å². The molecular weight excluding hydrogens is 272 g/mol. The minimum Gasteiger partial charge on any atom is -0.297 e. The van der Waals surface area contributed by atoms with Gasteiger partial charge >= 0.3 is 5.69 Å². The number of nitrogens with zero attached hydrogens (tertiary/aromatic N) is 1. The zero-order valence-corrected chi connectivity index (χ0v) is 12.4. The Morgan fingerprint density at radius 1 is 1.22 bits per heavy atom. The van der Waals surface area contributed by atoms with Crippen LogP contribution in [0.15, 0.2) is 9.59 Å². The number of nitrogens with one attached hydrogen (secondary N) is 1. The van der Waals surface area contributed by atoms with E-state index in [0.29, 0.717) is 12.1 Å². The molecule has 0 aromatic carbocycles. The predicted molar refractivity (Wildman–Crippen MR) is 77.9 cm³/mol. The van der Waals surface area contributed by atoms with Crippen molar-refractivity contribution in [2.75, 3.05) is 12.0 Å². The van der Waals surface area contributed by atoms with Gasteiger partial charge in [0.15, 0.2) is 0 Å². The van der Waals surface area contributed by atoms with Gasteiger partial charge in [0.2, 0.25) is 0 Å². The van der Waals surface area contributed by atoms with Crippen LogP contribution in [0.4, 0.5) is 0 Å². The van der Waals surface area contributed by atoms with Gasteiger partial charge in [0.1, 0.15) is 5.15 Å². The number of aromatic amines is 1. The molecule has 1 rings (SSSR count). The minimum atomic E-state index is -0.417. The summed E-state index contributed by atoms with van der Waals surface area (Å²) in [5.41, 5.74) is -0.300. The number of hydrogen-bond donors (Lipinski definition) is 1. The normalized spacial score (nSPS) is 10.8. The fourth-order valence-corrected chi connectivity index (χ4v) is 2.37. The number of aromatic nitrogens is 2. The zero-order valence-electron chi connectivity index (χ0n) is 10.8. The molecule has 0 aliphatic heterocycles. The van der Waals surface area contributed by atoms with Crippen molar-refractivity contribution < 1.29 is 0 Å². The first-order chi connectivity index (χ1) is 8.57. The van der Waals surface area contributed by atoms with Crippen molar-refractivity contribution in [3.8, 4) is 0 Å². The number of halogens is 1. The summed E-state index contributed by atoms with van der Waals surface area (Å²) in [5.74, 6) is 1.17. The first-order valence-electron chi connectivity index (χ1n) is 6.06. The molecule has 6 heteroatoms. The van der Waals surface area contributed by atoms with Gasteiger partial charge in [0, 0.05) is 12.1 Å². The molecule has 0 fully saturated rings. The highest BCUT2D eigenvalue weighted by molar-refractivity contribution is 7.98. The first kappa shape index (κ1) is 15.4. The zero-order chi connectivity index (χ0) is 13.5. The fourth-order valence-electron chi connectivity index (χ4n) is 1.72. The summed E-state index contributed by atoms with van der Waals surface area (Å²) in [4.78, 5) is 25.9. The third-order valence-corrected chi connectivity index (χ3v) is 3.91. The van der Waals surface area contributed by atoms with Crippen LogP contribution >= 0.6 is 23.4 Å². The molecule has 0 saturated carbocycles. The molecule has 1 N–H and O–H groups in total. The van der Waals surface area contributed by atoms with Crippen molar-refractivity contribution in [1.82, 2.24) is 9.55 Å². The van der Waals surface area contributed by atoms with E-state index in [0.717, 1.165) is 19.3 Å². The average molecular weight is 291 g/mol. The molecule has 0 amide bonds. The van der Waals surface area contributed by atoms with E-state index in [1.54, 1.807) is 6.92 Å². The van der Waals surface area contributed by atoms with Crippen LogP contribution in [0.25, 0.3) is 0 Å². The molecule has 1 heterocycles. The maximum Gasteiger partial charge on any atom is 0.329 e. The van der Waals surface area contributed by atoms with Gasteiger partial charge in [-0.2, -0.15) is 11.8 Å². The van der Waals surface area contributed by atoms with E-state index in [1.165, 1.54) is 16.7 Å². The largest absolute Gasteiger partial charge is 0.329 e. The second kappa shape index (κ2) is 7.69. The molecule has 102 valence electrons. The third-order valence-electron chi connectivity index (χ3n) is 2.84. The number of unbranched alkanes of at least 4 members (excludes halogenated alkanes) is 3. The van der Waals surface area contributed by atoms with Gasteiger partial charge in [-0.3, -0.25) is 14.3 Å². The first-order valence-corrected chi connectivity index (χ1v) is 7.83. The molecule has 0 aliphatic rings. The van der Waals surface area contributed by atoms with Gasteiger partial charge in [-0.25, -0.2) is 4.79 Å². The summed E-state index contributed by atoms with van der Waals surface area (Å²) < 4.78 is 1.23. The topological polar surface area (TPSA) is 54.9 Å². The molecule has 0 saturated heterocycles. The van der Waals surface area contributed by atoms with Gasteiger partial charge in [-0.05, 0) is 31.8 Å². The van der Waals surface area contributed by atoms with Crippen LogP contribution in [0.5, 0.6) is 0 Å². The maximum absolute atomic E-state index is 11.8. The number of H-pyrrole nitrogens is 1. The molecular formula is C12H19ClN2O2S. The molecule has 0 bridgehead atoms. The lowest BCUT2D eigenvalue weighted by molar-refractivity contribution is 0.549. The lowest BCUT2D eigenvalue weighted by Crippen LogP contribution is -2.36. The van der Waals surface area contributed by atoms with Gasteiger partial charge in [-0.15, -0.1) is 0 Å². The van der Waals surface area contributed by atoms with E-state index in [-0.39, 0.29) is 10.7 Å². The molecule has 0 radical (unpaired) electrons. The summed E-state index contributed by atoms with van der Waals surface area (Å²) in [5, 5.41) is 0.140. The summed E-state index contributed by atoms with van der Waals surface area (Å²) in [7, 11) is 0. The smallest absolute Gasteiger partial charge is 0.297 e. The van der Waals surface area contributed by atoms with Crippen molar-refractivity contribution in [1.29, 1.82) is 0 Å². The number of rotatable bonds is 7. The number of thioether (sulfide) groups is 1. The van der Waals surface area contributed by atoms with Crippen LogP contribution < -0.4 is 11.2 Å². The van der Waals surface area contributed by atoms with E-state index >= 15 is 0 Å². The molecule has 0 unspecified atom stereocenters. The number of hydrogen-bond acceptors (Lipinski definition) is 3. The predicted octanol–water partition coefficient (Wildman–Crippen LogP) is 2.42. The third kappa shape index (κ3) is 4.21. The lowest BCUT2D eigenvalue weighted by Gasteiger charge is -2.06. The van der Waals surface area contributed by atoms with Crippen LogP contribution in [0.1, 0.15) is 31.2 Å². The average Bonchev–Trinajstić information content (AvgIpc) is 2.34. The van der Waals surface area contributed by atoms with Crippen molar-refractivity contribution in [2.24, 2.45) is 0 Å². The second-order valence-corrected chi connectivity index (χ2v) is 5.60. The Morgan fingerprint density at radius 3 is 2.56 bits per heavy atom. The molecule has 1 aromatic rings. The standard InChI is InChI=1S/C12H19ClN2O2S/c1-9-10(13)14-12(17)15(11(9)16)7-5-3-4-6-8-18-2/h3-8H2,1-2H3,(H,14,17). The Hall–Kier alpha value is -0.680. The van der Waals surface area contributed by atoms with Crippen LogP contribution in [-0.2, 0) is 6.54 Å². The van der Waals surface area contributed by atoms with Crippen LogP contribution in [0.3, 0.4) is 0 Å². The van der Waals surface area contributed by atoms with E-state index in [9.17, 15) is 9.59 Å². The van der Waals surface area contributed by atoms with Crippen LogP contribution in [0.2, 0.25) is 5.15 Å². The molecule has 18 heavy (non-hydrogen) atoms. The summed E-state index contributed by atoms with van der Waals surface area (Å²) in [6.07, 6.45) is 6.30. The van der Waals surface area contributed by atoms with Crippen LogP contribution in [-0.4, -0.2) is 21.6 Å². The fraction of sp³-hybridized carbons (Fsp3) is 0.667. The monoisotopic (exact) mass is 290 g/mol. The maximum atomic E-state index is 11.8. The van der Waals surface area contributed by atoms with Gasteiger partial charge in [0.25, 0.3) is 5.56 Å². The van der Waals surface area contributed by atoms with E-state index in [1.807, 2.05) is 11.8 Å².